The van der Waals surface area contributed by atoms with E-state index in [1.54, 1.807) is 19.3 Å². The second kappa shape index (κ2) is 15.6. The monoisotopic (exact) mass is 883 g/mol. The van der Waals surface area contributed by atoms with E-state index in [0.29, 0.717) is 65.0 Å². The van der Waals surface area contributed by atoms with Crippen molar-refractivity contribution in [3.63, 3.8) is 0 Å². The van der Waals surface area contributed by atoms with Crippen LogP contribution in [0.5, 0.6) is 5.75 Å². The average Bonchev–Trinajstić information content (AvgIpc) is 4.06. The first kappa shape index (κ1) is 41.5. The summed E-state index contributed by atoms with van der Waals surface area (Å²) >= 11 is 6.66. The fraction of sp³-hybridized carbons (Fsp3) is 0.511. The Hall–Kier alpha value is -5.55. The van der Waals surface area contributed by atoms with Crippen molar-refractivity contribution in [3.05, 3.63) is 63.7 Å². The summed E-state index contributed by atoms with van der Waals surface area (Å²) in [5, 5.41) is 15.4. The number of anilines is 5. The van der Waals surface area contributed by atoms with Gasteiger partial charge in [-0.05, 0) is 94.2 Å². The number of ether oxygens (including phenoxy) is 1. The predicted molar refractivity (Wildman–Crippen MR) is 239 cm³/mol. The summed E-state index contributed by atoms with van der Waals surface area (Å²) < 4.78 is 39.2. The Bertz CT molecular complexity index is 2710. The van der Waals surface area contributed by atoms with Gasteiger partial charge in [-0.15, -0.1) is 0 Å². The van der Waals surface area contributed by atoms with E-state index in [2.05, 4.69) is 67.7 Å². The van der Waals surface area contributed by atoms with Gasteiger partial charge in [0.1, 0.15) is 5.02 Å². The molecule has 0 spiro atoms. The number of nitrogens with one attached hydrogen (secondary N) is 3. The molecule has 10 rings (SSSR count). The molecule has 5 aromatic rings. The number of alkyl halides is 2. The number of nitrogens with zero attached hydrogens (tertiary/aromatic N) is 8. The summed E-state index contributed by atoms with van der Waals surface area (Å²) in [7, 11) is 3.51. The minimum absolute atomic E-state index is 0.0718. The molecule has 3 saturated heterocycles. The first-order valence-electron chi connectivity index (χ1n) is 21.9. The summed E-state index contributed by atoms with van der Waals surface area (Å²) in [5.74, 6) is -2.86. The van der Waals surface area contributed by atoms with E-state index in [9.17, 15) is 14.4 Å². The molecule has 4 aliphatic heterocycles. The molecule has 1 aliphatic carbocycles. The van der Waals surface area contributed by atoms with Gasteiger partial charge >= 0.3 is 5.92 Å². The number of imide groups is 1. The molecule has 3 aromatic heterocycles. The number of piperidine rings is 2. The number of hydrogen-bond donors (Lipinski definition) is 3. The number of carbonyl (C=O) groups excluding carboxylic acids is 2. The van der Waals surface area contributed by atoms with E-state index >= 15 is 8.78 Å². The molecule has 7 heterocycles. The number of pyridine rings is 1. The molecule has 2 unspecified atom stereocenters. The molecule has 5 aliphatic rings. The number of aryl methyl sites for hydroxylation is 2. The zero-order valence-corrected chi connectivity index (χ0v) is 36.6. The quantitative estimate of drug-likeness (QED) is 0.153. The second-order valence-electron chi connectivity index (χ2n) is 18.6. The lowest BCUT2D eigenvalue weighted by molar-refractivity contribution is -0.134. The number of piperazine rings is 1. The van der Waals surface area contributed by atoms with Crippen LogP contribution in [0.15, 0.2) is 47.4 Å². The van der Waals surface area contributed by atoms with Gasteiger partial charge in [0.05, 0.1) is 40.6 Å². The topological polar surface area (TPSA) is 155 Å². The van der Waals surface area contributed by atoms with Crippen molar-refractivity contribution in [2.45, 2.75) is 75.8 Å². The molecule has 1 saturated carbocycles. The minimum atomic E-state index is -3.13. The van der Waals surface area contributed by atoms with Crippen molar-refractivity contribution in [1.82, 2.24) is 34.5 Å². The van der Waals surface area contributed by atoms with Gasteiger partial charge in [-0.25, -0.2) is 13.8 Å². The lowest BCUT2D eigenvalue weighted by Crippen LogP contribution is -2.60. The largest absolute Gasteiger partial charge is 0.480 e. The molecule has 15 nitrogen and oxygen atoms in total. The fourth-order valence-electron chi connectivity index (χ4n) is 10.1. The summed E-state index contributed by atoms with van der Waals surface area (Å²) in [4.78, 5) is 54.4. The van der Waals surface area contributed by atoms with Gasteiger partial charge < -0.3 is 29.7 Å². The molecular weight excluding hydrogens is 832 g/mol. The molecule has 3 N–H and O–H groups in total. The highest BCUT2D eigenvalue weighted by atomic mass is 35.5. The number of halogens is 3. The van der Waals surface area contributed by atoms with Gasteiger partial charge in [-0.3, -0.25) is 29.3 Å². The number of fused-ring (bicyclic) bond motifs is 4. The van der Waals surface area contributed by atoms with E-state index < -0.39 is 30.0 Å². The number of aromatic nitrogens is 5. The van der Waals surface area contributed by atoms with Crippen LogP contribution in [-0.2, 0) is 23.7 Å². The third kappa shape index (κ3) is 7.70. The molecule has 0 bridgehead atoms. The van der Waals surface area contributed by atoms with E-state index in [1.165, 1.54) is 4.57 Å². The maximum Gasteiger partial charge on any atom is 0.301 e. The lowest BCUT2D eigenvalue weighted by atomic mass is 9.91. The molecule has 0 radical (unpaired) electrons. The Labute approximate surface area is 368 Å². The number of rotatable bonds is 8. The highest BCUT2D eigenvalue weighted by Crippen LogP contribution is 2.46. The highest BCUT2D eigenvalue weighted by Gasteiger charge is 2.51. The van der Waals surface area contributed by atoms with E-state index in [0.717, 1.165) is 74.4 Å². The van der Waals surface area contributed by atoms with Gasteiger partial charge in [0.15, 0.2) is 12.4 Å². The summed E-state index contributed by atoms with van der Waals surface area (Å²) in [6.45, 7) is 9.04. The molecule has 18 heteroatoms. The number of amides is 2. The molecule has 2 atom stereocenters. The molecule has 63 heavy (non-hydrogen) atoms. The normalized spacial score (nSPS) is 23.0. The molecule has 332 valence electrons. The van der Waals surface area contributed by atoms with Crippen LogP contribution in [0.4, 0.5) is 37.6 Å². The number of benzene rings is 2. The van der Waals surface area contributed by atoms with Crippen molar-refractivity contribution in [1.29, 1.82) is 0 Å². The van der Waals surface area contributed by atoms with Crippen molar-refractivity contribution < 1.29 is 23.1 Å². The molecule has 2 amide bonds. The lowest BCUT2D eigenvalue weighted by Gasteiger charge is -2.49. The highest BCUT2D eigenvalue weighted by molar-refractivity contribution is 6.33. The van der Waals surface area contributed by atoms with Crippen LogP contribution >= 0.6 is 11.6 Å². The number of hydrogen-bond acceptors (Lipinski definition) is 12. The van der Waals surface area contributed by atoms with Gasteiger partial charge in [0.25, 0.3) is 5.56 Å². The summed E-state index contributed by atoms with van der Waals surface area (Å²) in [5.41, 5.74) is 3.74. The molecular formula is C45H52ClF2N11O4. The fourth-order valence-corrected chi connectivity index (χ4v) is 10.2. The minimum Gasteiger partial charge on any atom is -0.480 e. The van der Waals surface area contributed by atoms with Gasteiger partial charge in [0.2, 0.25) is 23.5 Å². The van der Waals surface area contributed by atoms with Crippen LogP contribution in [-0.4, -0.2) is 104 Å². The first-order valence-corrected chi connectivity index (χ1v) is 22.3. The maximum absolute atomic E-state index is 15.2. The zero-order valence-electron chi connectivity index (χ0n) is 35.9. The Morgan fingerprint density at radius 3 is 2.48 bits per heavy atom. The zero-order chi connectivity index (χ0) is 43.9. The van der Waals surface area contributed by atoms with E-state index in [1.807, 2.05) is 23.9 Å². The van der Waals surface area contributed by atoms with E-state index in [4.69, 9.17) is 26.4 Å². The van der Waals surface area contributed by atoms with Gasteiger partial charge in [0, 0.05) is 87.5 Å². The van der Waals surface area contributed by atoms with Crippen LogP contribution < -0.4 is 36.0 Å². The molecule has 4 fully saturated rings. The van der Waals surface area contributed by atoms with Gasteiger partial charge in [-0.2, -0.15) is 10.1 Å². The first-order chi connectivity index (χ1) is 30.1. The Morgan fingerprint density at radius 2 is 1.73 bits per heavy atom. The number of carbonyl (C=O) groups is 2. The summed E-state index contributed by atoms with van der Waals surface area (Å²) in [6, 6.07) is 10.6. The van der Waals surface area contributed by atoms with E-state index in [-0.39, 0.29) is 34.7 Å². The van der Waals surface area contributed by atoms with Crippen LogP contribution in [0, 0.1) is 11.8 Å². The maximum atomic E-state index is 15.2. The van der Waals surface area contributed by atoms with Crippen molar-refractivity contribution in [2.75, 3.05) is 66.3 Å². The second-order valence-corrected chi connectivity index (χ2v) is 19.0. The standard InChI is InChI=1S/C45H52ClF2N11O4/c1-44(2)23-58(28-8-9-29-34(20-28)56(4)54-36(29)30-10-12-35(60)51-41(30)61)17-18-59(44)22-25-13-15-57(16-14-25)43-49-21-32(46)40(53-43)50-27-7-11-33-31(19-27)37-38(42(62)55(33)3)63-24-45(47,48)39(52-37)26-5-6-26/h7-9,11,19-21,25-26,30,39,52H,5-6,10,12-18,22-24H2,1-4H3,(H,49,50,53)(H,51,60,61). The van der Waals surface area contributed by atoms with Crippen molar-refractivity contribution in [3.8, 4) is 5.75 Å². The van der Waals surface area contributed by atoms with Crippen molar-refractivity contribution >= 4 is 74.0 Å². The summed E-state index contributed by atoms with van der Waals surface area (Å²) in [6.07, 6.45) is 5.76. The Morgan fingerprint density at radius 1 is 0.937 bits per heavy atom. The predicted octanol–water partition coefficient (Wildman–Crippen LogP) is 6.17. The van der Waals surface area contributed by atoms with Crippen LogP contribution in [0.25, 0.3) is 21.8 Å². The van der Waals surface area contributed by atoms with Gasteiger partial charge in [-0.1, -0.05) is 11.6 Å². The van der Waals surface area contributed by atoms with Crippen LogP contribution in [0.3, 0.4) is 0 Å². The smallest absolute Gasteiger partial charge is 0.301 e. The Balaban J connectivity index is 0.785. The van der Waals surface area contributed by atoms with Crippen LogP contribution in [0.2, 0.25) is 5.02 Å². The van der Waals surface area contributed by atoms with Crippen LogP contribution in [0.1, 0.15) is 64.0 Å². The third-order valence-electron chi connectivity index (χ3n) is 13.9. The van der Waals surface area contributed by atoms with Crippen molar-refractivity contribution in [2.24, 2.45) is 25.9 Å². The Kier molecular flexibility index (Phi) is 10.3. The average molecular weight is 884 g/mol. The SMILES string of the molecule is Cn1nc(C2CCC(=O)NC2=O)c2ccc(N3CCN(CC4CCN(c5ncc(Cl)c(Nc6ccc7c(c6)c6c(c(=O)n7C)OCC(F)(F)C(C7CC7)N6)n5)CC4)C(C)(C)C3)cc21. The molecule has 2 aromatic carbocycles. The third-order valence-corrected chi connectivity index (χ3v) is 14.1.